The van der Waals surface area contributed by atoms with Gasteiger partial charge in [0.25, 0.3) is 0 Å². The van der Waals surface area contributed by atoms with Gasteiger partial charge in [0.05, 0.1) is 20.3 Å². The Labute approximate surface area is 98.2 Å². The first kappa shape index (κ1) is 12.2. The van der Waals surface area contributed by atoms with Crippen molar-refractivity contribution in [2.24, 2.45) is 0 Å². The van der Waals surface area contributed by atoms with Crippen molar-refractivity contribution in [3.8, 4) is 11.8 Å². The standard InChI is InChI=1S/C10H15BrN2O2/c1-6(7(2)11)10-12-8(14-3)5-9(13-10)15-4/h5-7H,1-4H3. The van der Waals surface area contributed by atoms with E-state index < -0.39 is 0 Å². The lowest BCUT2D eigenvalue weighted by Crippen LogP contribution is -2.10. The zero-order valence-corrected chi connectivity index (χ0v) is 10.9. The highest BCUT2D eigenvalue weighted by atomic mass is 79.9. The Morgan fingerprint density at radius 3 is 1.93 bits per heavy atom. The highest BCUT2D eigenvalue weighted by Crippen LogP contribution is 2.25. The van der Waals surface area contributed by atoms with Gasteiger partial charge in [-0.15, -0.1) is 0 Å². The fraction of sp³-hybridized carbons (Fsp3) is 0.600. The number of nitrogens with zero attached hydrogens (tertiary/aromatic N) is 2. The van der Waals surface area contributed by atoms with Gasteiger partial charge in [-0.3, -0.25) is 0 Å². The molecule has 0 amide bonds. The third kappa shape index (κ3) is 3.06. The van der Waals surface area contributed by atoms with Crippen LogP contribution in [0, 0.1) is 0 Å². The molecule has 0 aliphatic heterocycles. The largest absolute Gasteiger partial charge is 0.481 e. The second-order valence-electron chi connectivity index (χ2n) is 3.28. The Hall–Kier alpha value is -0.840. The van der Waals surface area contributed by atoms with Crippen molar-refractivity contribution in [2.45, 2.75) is 24.6 Å². The molecule has 84 valence electrons. The average Bonchev–Trinajstić information content (AvgIpc) is 2.27. The van der Waals surface area contributed by atoms with E-state index in [9.17, 15) is 0 Å². The maximum Gasteiger partial charge on any atom is 0.220 e. The van der Waals surface area contributed by atoms with E-state index in [1.54, 1.807) is 20.3 Å². The van der Waals surface area contributed by atoms with Crippen LogP contribution in [0.5, 0.6) is 11.8 Å². The molecule has 4 nitrogen and oxygen atoms in total. The van der Waals surface area contributed by atoms with E-state index in [1.165, 1.54) is 0 Å². The number of aromatic nitrogens is 2. The molecule has 0 aliphatic rings. The number of hydrogen-bond donors (Lipinski definition) is 0. The molecule has 1 rings (SSSR count). The Morgan fingerprint density at radius 1 is 1.13 bits per heavy atom. The SMILES string of the molecule is COc1cc(OC)nc(C(C)C(C)Br)n1. The van der Waals surface area contributed by atoms with Crippen molar-refractivity contribution >= 4 is 15.9 Å². The van der Waals surface area contributed by atoms with Crippen LogP contribution in [0.1, 0.15) is 25.6 Å². The molecule has 5 heteroatoms. The Kier molecular flexibility index (Phi) is 4.32. The van der Waals surface area contributed by atoms with Crippen molar-refractivity contribution in [2.75, 3.05) is 14.2 Å². The van der Waals surface area contributed by atoms with E-state index in [0.29, 0.717) is 16.6 Å². The molecule has 0 N–H and O–H groups in total. The molecule has 2 atom stereocenters. The molecular formula is C10H15BrN2O2. The molecule has 1 aromatic rings. The van der Waals surface area contributed by atoms with E-state index in [2.05, 4.69) is 32.8 Å². The molecule has 1 aromatic heterocycles. The molecule has 15 heavy (non-hydrogen) atoms. The van der Waals surface area contributed by atoms with E-state index >= 15 is 0 Å². The van der Waals surface area contributed by atoms with Crippen molar-refractivity contribution < 1.29 is 9.47 Å². The molecule has 0 aliphatic carbocycles. The summed E-state index contributed by atoms with van der Waals surface area (Å²) < 4.78 is 10.2. The van der Waals surface area contributed by atoms with Crippen LogP contribution in [0.2, 0.25) is 0 Å². The molecule has 0 saturated carbocycles. The lowest BCUT2D eigenvalue weighted by molar-refractivity contribution is 0.366. The third-order valence-electron chi connectivity index (χ3n) is 2.21. The summed E-state index contributed by atoms with van der Waals surface area (Å²) in [5, 5.41) is 0. The van der Waals surface area contributed by atoms with Gasteiger partial charge in [0.15, 0.2) is 0 Å². The number of hydrogen-bond acceptors (Lipinski definition) is 4. The minimum absolute atomic E-state index is 0.203. The zero-order chi connectivity index (χ0) is 11.4. The van der Waals surface area contributed by atoms with Crippen molar-refractivity contribution in [1.29, 1.82) is 0 Å². The van der Waals surface area contributed by atoms with E-state index in [0.717, 1.165) is 5.82 Å². The number of alkyl halides is 1. The van der Waals surface area contributed by atoms with Crippen molar-refractivity contribution in [3.05, 3.63) is 11.9 Å². The van der Waals surface area contributed by atoms with Gasteiger partial charge >= 0.3 is 0 Å². The Balaban J connectivity index is 3.06. The molecule has 0 aromatic carbocycles. The molecular weight excluding hydrogens is 260 g/mol. The maximum atomic E-state index is 5.08. The summed E-state index contributed by atoms with van der Waals surface area (Å²) in [6, 6.07) is 1.66. The topological polar surface area (TPSA) is 44.2 Å². The summed E-state index contributed by atoms with van der Waals surface area (Å²) in [7, 11) is 3.15. The van der Waals surface area contributed by atoms with Gasteiger partial charge < -0.3 is 9.47 Å². The highest BCUT2D eigenvalue weighted by Gasteiger charge is 2.16. The summed E-state index contributed by atoms with van der Waals surface area (Å²) in [5.41, 5.74) is 0. The predicted molar refractivity (Wildman–Crippen MR) is 61.9 cm³/mol. The average molecular weight is 275 g/mol. The maximum absolute atomic E-state index is 5.08. The molecule has 0 radical (unpaired) electrons. The van der Waals surface area contributed by atoms with Gasteiger partial charge in [0.1, 0.15) is 5.82 Å². The molecule has 0 fully saturated rings. The first-order valence-electron chi connectivity index (χ1n) is 4.69. The zero-order valence-electron chi connectivity index (χ0n) is 9.32. The normalized spacial score (nSPS) is 14.5. The van der Waals surface area contributed by atoms with Crippen LogP contribution in [0.4, 0.5) is 0 Å². The molecule has 0 bridgehead atoms. The number of ether oxygens (including phenoxy) is 2. The van der Waals surface area contributed by atoms with E-state index in [4.69, 9.17) is 9.47 Å². The minimum atomic E-state index is 0.203. The number of halogens is 1. The molecule has 2 unspecified atom stereocenters. The lowest BCUT2D eigenvalue weighted by atomic mass is 10.1. The quantitative estimate of drug-likeness (QED) is 0.791. The van der Waals surface area contributed by atoms with Crippen molar-refractivity contribution in [3.63, 3.8) is 0 Å². The fourth-order valence-corrected chi connectivity index (χ4v) is 1.28. The van der Waals surface area contributed by atoms with Crippen LogP contribution in [-0.2, 0) is 0 Å². The monoisotopic (exact) mass is 274 g/mol. The molecule has 0 saturated heterocycles. The Morgan fingerprint density at radius 2 is 1.60 bits per heavy atom. The predicted octanol–water partition coefficient (Wildman–Crippen LogP) is 2.38. The highest BCUT2D eigenvalue weighted by molar-refractivity contribution is 9.09. The smallest absolute Gasteiger partial charge is 0.220 e. The van der Waals surface area contributed by atoms with E-state index in [-0.39, 0.29) is 5.92 Å². The summed E-state index contributed by atoms with van der Waals surface area (Å²) in [6.45, 7) is 4.10. The summed E-state index contributed by atoms with van der Waals surface area (Å²) in [6.07, 6.45) is 0. The van der Waals surface area contributed by atoms with Gasteiger partial charge in [-0.25, -0.2) is 0 Å². The minimum Gasteiger partial charge on any atom is -0.481 e. The van der Waals surface area contributed by atoms with Gasteiger partial charge in [0, 0.05) is 10.7 Å². The van der Waals surface area contributed by atoms with Crippen LogP contribution < -0.4 is 9.47 Å². The molecule has 1 heterocycles. The number of rotatable bonds is 4. The third-order valence-corrected chi connectivity index (χ3v) is 3.00. The van der Waals surface area contributed by atoms with Gasteiger partial charge in [-0.1, -0.05) is 29.8 Å². The van der Waals surface area contributed by atoms with Gasteiger partial charge in [-0.05, 0) is 0 Å². The number of methoxy groups -OCH3 is 2. The summed E-state index contributed by atoms with van der Waals surface area (Å²) >= 11 is 3.51. The first-order chi connectivity index (χ1) is 7.08. The van der Waals surface area contributed by atoms with Crippen LogP contribution >= 0.6 is 15.9 Å². The van der Waals surface area contributed by atoms with E-state index in [1.807, 2.05) is 6.92 Å². The van der Waals surface area contributed by atoms with Crippen LogP contribution in [0.3, 0.4) is 0 Å². The summed E-state index contributed by atoms with van der Waals surface area (Å²) in [4.78, 5) is 8.86. The van der Waals surface area contributed by atoms with Crippen LogP contribution in [-0.4, -0.2) is 29.0 Å². The summed E-state index contributed by atoms with van der Waals surface area (Å²) in [5.74, 6) is 1.97. The fourth-order valence-electron chi connectivity index (χ4n) is 1.04. The van der Waals surface area contributed by atoms with Crippen molar-refractivity contribution in [1.82, 2.24) is 9.97 Å². The van der Waals surface area contributed by atoms with Crippen LogP contribution in [0.15, 0.2) is 6.07 Å². The van der Waals surface area contributed by atoms with Crippen LogP contribution in [0.25, 0.3) is 0 Å². The van der Waals surface area contributed by atoms with Gasteiger partial charge in [0.2, 0.25) is 11.8 Å². The second-order valence-corrected chi connectivity index (χ2v) is 4.72. The van der Waals surface area contributed by atoms with Gasteiger partial charge in [-0.2, -0.15) is 9.97 Å². The molecule has 0 spiro atoms. The first-order valence-corrected chi connectivity index (χ1v) is 5.61. The Bertz CT molecular complexity index is 309. The second kappa shape index (κ2) is 5.30. The lowest BCUT2D eigenvalue weighted by Gasteiger charge is -2.14.